The van der Waals surface area contributed by atoms with Crippen LogP contribution in [0, 0.1) is 0 Å². The van der Waals surface area contributed by atoms with Crippen LogP contribution >= 0.6 is 28.3 Å². The van der Waals surface area contributed by atoms with Crippen molar-refractivity contribution >= 4 is 34.2 Å². The summed E-state index contributed by atoms with van der Waals surface area (Å²) >= 11 is 2.98. The summed E-state index contributed by atoms with van der Waals surface area (Å²) in [5, 5.41) is 2.35. The highest BCUT2D eigenvalue weighted by molar-refractivity contribution is 9.10. The van der Waals surface area contributed by atoms with E-state index in [0.717, 1.165) is 6.07 Å². The minimum absolute atomic E-state index is 0. The minimum Gasteiger partial charge on any atom is -0.351 e. The first-order chi connectivity index (χ1) is 8.21. The van der Waals surface area contributed by atoms with Gasteiger partial charge in [0.2, 0.25) is 5.91 Å². The van der Waals surface area contributed by atoms with Crippen LogP contribution in [0.5, 0.6) is 0 Å². The third kappa shape index (κ3) is 5.38. The predicted octanol–water partition coefficient (Wildman–Crippen LogP) is 2.85. The van der Waals surface area contributed by atoms with Gasteiger partial charge in [0.05, 0.1) is 11.6 Å². The molecule has 1 aromatic rings. The Hall–Kier alpha value is -0.790. The molecule has 0 bridgehead atoms. The molecule has 3 nitrogen and oxygen atoms in total. The molecule has 1 unspecified atom stereocenters. The fourth-order valence-corrected chi connectivity index (χ4v) is 1.67. The van der Waals surface area contributed by atoms with Crippen molar-refractivity contribution < 1.29 is 18.0 Å². The topological polar surface area (TPSA) is 55.1 Å². The van der Waals surface area contributed by atoms with Crippen LogP contribution in [0.4, 0.5) is 13.2 Å². The van der Waals surface area contributed by atoms with Gasteiger partial charge in [0.25, 0.3) is 0 Å². The number of nitrogens with two attached hydrogens (primary N) is 1. The number of alkyl halides is 3. The summed E-state index contributed by atoms with van der Waals surface area (Å²) in [6.07, 6.45) is -4.46. The summed E-state index contributed by atoms with van der Waals surface area (Å²) < 4.78 is 38.6. The van der Waals surface area contributed by atoms with Gasteiger partial charge < -0.3 is 11.1 Å². The van der Waals surface area contributed by atoms with E-state index in [1.54, 1.807) is 0 Å². The molecule has 0 aliphatic carbocycles. The van der Waals surface area contributed by atoms with Crippen molar-refractivity contribution in [3.63, 3.8) is 0 Å². The largest absolute Gasteiger partial charge is 0.416 e. The third-order valence-electron chi connectivity index (χ3n) is 2.24. The summed E-state index contributed by atoms with van der Waals surface area (Å²) in [7, 11) is 0. The molecule has 3 N–H and O–H groups in total. The average molecular weight is 362 g/mol. The van der Waals surface area contributed by atoms with E-state index in [9.17, 15) is 18.0 Å². The van der Waals surface area contributed by atoms with Crippen molar-refractivity contribution in [1.29, 1.82) is 0 Å². The molecule has 8 heteroatoms. The maximum absolute atomic E-state index is 12.8. The highest BCUT2D eigenvalue weighted by Crippen LogP contribution is 2.33. The second kappa shape index (κ2) is 7.12. The zero-order chi connectivity index (χ0) is 13.9. The molecule has 0 saturated carbocycles. The van der Waals surface area contributed by atoms with Gasteiger partial charge >= 0.3 is 6.18 Å². The number of rotatable bonds is 3. The molecule has 19 heavy (non-hydrogen) atoms. The molecule has 0 heterocycles. The molecule has 108 valence electrons. The monoisotopic (exact) mass is 360 g/mol. The van der Waals surface area contributed by atoms with Crippen LogP contribution in [0.3, 0.4) is 0 Å². The molecule has 0 saturated heterocycles. The van der Waals surface area contributed by atoms with Crippen LogP contribution in [0.1, 0.15) is 18.1 Å². The molecule has 0 aliphatic rings. The molecular weight excluding hydrogens is 348 g/mol. The van der Waals surface area contributed by atoms with E-state index in [1.807, 2.05) is 0 Å². The normalized spacial score (nSPS) is 12.5. The van der Waals surface area contributed by atoms with Gasteiger partial charge in [0.1, 0.15) is 0 Å². The quantitative estimate of drug-likeness (QED) is 0.870. The second-order valence-corrected chi connectivity index (χ2v) is 4.72. The molecule has 0 aromatic heterocycles. The van der Waals surface area contributed by atoms with Gasteiger partial charge in [-0.2, -0.15) is 13.2 Å². The molecular formula is C11H13BrClF3N2O. The Morgan fingerprint density at radius 2 is 2.05 bits per heavy atom. The van der Waals surface area contributed by atoms with E-state index >= 15 is 0 Å². The minimum atomic E-state index is -4.46. The number of carbonyl (C=O) groups excluding carboxylic acids is 1. The zero-order valence-corrected chi connectivity index (χ0v) is 12.3. The van der Waals surface area contributed by atoms with Crippen molar-refractivity contribution in [3.8, 4) is 0 Å². The lowest BCUT2D eigenvalue weighted by molar-refractivity contribution is -0.138. The molecule has 1 atom stereocenters. The maximum Gasteiger partial charge on any atom is 0.416 e. The van der Waals surface area contributed by atoms with E-state index in [-0.39, 0.29) is 24.5 Å². The van der Waals surface area contributed by atoms with Crippen LogP contribution in [-0.4, -0.2) is 11.9 Å². The number of carbonyl (C=O) groups is 1. The number of hydrogen-bond acceptors (Lipinski definition) is 2. The summed E-state index contributed by atoms with van der Waals surface area (Å²) in [6, 6.07) is 3.03. The molecule has 1 rings (SSSR count). The van der Waals surface area contributed by atoms with Crippen LogP contribution in [0.25, 0.3) is 0 Å². The SMILES string of the molecule is CC(N)C(=O)NCc1ccc(Br)cc1C(F)(F)F.Cl. The highest BCUT2D eigenvalue weighted by Gasteiger charge is 2.33. The lowest BCUT2D eigenvalue weighted by Crippen LogP contribution is -2.38. The first-order valence-corrected chi connectivity index (χ1v) is 5.90. The second-order valence-electron chi connectivity index (χ2n) is 3.81. The van der Waals surface area contributed by atoms with E-state index in [0.29, 0.717) is 4.47 Å². The first kappa shape index (κ1) is 18.2. The van der Waals surface area contributed by atoms with Gasteiger partial charge in [-0.1, -0.05) is 22.0 Å². The van der Waals surface area contributed by atoms with Gasteiger partial charge in [-0.05, 0) is 24.6 Å². The van der Waals surface area contributed by atoms with Crippen LogP contribution in [-0.2, 0) is 17.5 Å². The summed E-state index contributed by atoms with van der Waals surface area (Å²) in [5.41, 5.74) is 4.53. The summed E-state index contributed by atoms with van der Waals surface area (Å²) in [5.74, 6) is -0.494. The zero-order valence-electron chi connectivity index (χ0n) is 9.92. The van der Waals surface area contributed by atoms with E-state index in [4.69, 9.17) is 5.73 Å². The number of amides is 1. The number of nitrogens with one attached hydrogen (secondary N) is 1. The third-order valence-corrected chi connectivity index (χ3v) is 2.74. The van der Waals surface area contributed by atoms with Crippen molar-refractivity contribution in [3.05, 3.63) is 33.8 Å². The average Bonchev–Trinajstić information content (AvgIpc) is 2.25. The molecule has 0 fully saturated rings. The fourth-order valence-electron chi connectivity index (χ4n) is 1.31. The Labute approximate surface area is 123 Å². The molecule has 1 aromatic carbocycles. The van der Waals surface area contributed by atoms with Crippen molar-refractivity contribution in [2.75, 3.05) is 0 Å². The van der Waals surface area contributed by atoms with E-state index < -0.39 is 23.7 Å². The molecule has 0 spiro atoms. The number of benzene rings is 1. The van der Waals surface area contributed by atoms with Gasteiger partial charge in [-0.25, -0.2) is 0 Å². The van der Waals surface area contributed by atoms with Crippen molar-refractivity contribution in [2.45, 2.75) is 25.7 Å². The maximum atomic E-state index is 12.8. The Bertz CT molecular complexity index is 452. The summed E-state index contributed by atoms with van der Waals surface area (Å²) in [4.78, 5) is 11.2. The van der Waals surface area contributed by atoms with Gasteiger partial charge in [-0.3, -0.25) is 4.79 Å². The Morgan fingerprint density at radius 3 is 2.53 bits per heavy atom. The number of hydrogen-bond donors (Lipinski definition) is 2. The Balaban J connectivity index is 0.00000324. The molecule has 1 amide bonds. The molecule has 0 radical (unpaired) electrons. The number of halogens is 5. The van der Waals surface area contributed by atoms with Gasteiger partial charge in [0, 0.05) is 11.0 Å². The lowest BCUT2D eigenvalue weighted by atomic mass is 10.1. The van der Waals surface area contributed by atoms with Gasteiger partial charge in [-0.15, -0.1) is 12.4 Å². The van der Waals surface area contributed by atoms with Crippen molar-refractivity contribution in [2.24, 2.45) is 5.73 Å². The van der Waals surface area contributed by atoms with Crippen LogP contribution < -0.4 is 11.1 Å². The lowest BCUT2D eigenvalue weighted by Gasteiger charge is -2.14. The smallest absolute Gasteiger partial charge is 0.351 e. The fraction of sp³-hybridized carbons (Fsp3) is 0.364. The standard InChI is InChI=1S/C11H12BrF3N2O.ClH/c1-6(16)10(18)17-5-7-2-3-8(12)4-9(7)11(13,14)15;/h2-4,6H,5,16H2,1H3,(H,17,18);1H. The predicted molar refractivity (Wildman–Crippen MR) is 71.9 cm³/mol. The Kier molecular flexibility index (Phi) is 6.82. The van der Waals surface area contributed by atoms with E-state index in [1.165, 1.54) is 19.1 Å². The van der Waals surface area contributed by atoms with Crippen LogP contribution in [0.15, 0.2) is 22.7 Å². The highest BCUT2D eigenvalue weighted by atomic mass is 79.9. The van der Waals surface area contributed by atoms with Crippen molar-refractivity contribution in [1.82, 2.24) is 5.32 Å². The van der Waals surface area contributed by atoms with E-state index in [2.05, 4.69) is 21.2 Å². The Morgan fingerprint density at radius 1 is 1.47 bits per heavy atom. The first-order valence-electron chi connectivity index (χ1n) is 5.10. The summed E-state index contributed by atoms with van der Waals surface area (Å²) in [6.45, 7) is 1.25. The molecule has 0 aliphatic heterocycles. The van der Waals surface area contributed by atoms with Gasteiger partial charge in [0.15, 0.2) is 0 Å². The van der Waals surface area contributed by atoms with Crippen LogP contribution in [0.2, 0.25) is 0 Å².